The molecule has 4 heteroatoms. The molecular formula is C9H7FOS2. The summed E-state index contributed by atoms with van der Waals surface area (Å²) in [5.74, 6) is 0.403. The zero-order valence-electron chi connectivity index (χ0n) is 6.87. The molecule has 2 rings (SSSR count). The molecule has 1 aromatic carbocycles. The van der Waals surface area contributed by atoms with Gasteiger partial charge >= 0.3 is 0 Å². The lowest BCUT2D eigenvalue weighted by Gasteiger charge is -1.97. The summed E-state index contributed by atoms with van der Waals surface area (Å²) in [6.45, 7) is 0. The molecular weight excluding hydrogens is 207 g/mol. The lowest BCUT2D eigenvalue weighted by atomic mass is 10.2. The smallest absolute Gasteiger partial charge is 0.150 e. The largest absolute Gasteiger partial charge is 0.494 e. The maximum absolute atomic E-state index is 12.9. The fraction of sp³-hybridized carbons (Fsp3) is 0.111. The van der Waals surface area contributed by atoms with Gasteiger partial charge in [0.1, 0.15) is 10.0 Å². The fourth-order valence-electron chi connectivity index (χ4n) is 1.23. The van der Waals surface area contributed by atoms with Crippen molar-refractivity contribution in [1.29, 1.82) is 0 Å². The average Bonchev–Trinajstić information content (AvgIpc) is 2.40. The van der Waals surface area contributed by atoms with E-state index >= 15 is 0 Å². The van der Waals surface area contributed by atoms with Crippen LogP contribution in [0.15, 0.2) is 22.4 Å². The molecule has 0 fully saturated rings. The van der Waals surface area contributed by atoms with Crippen molar-refractivity contribution in [3.8, 4) is 5.75 Å². The molecule has 0 aliphatic heterocycles. The molecule has 0 unspecified atom stereocenters. The van der Waals surface area contributed by atoms with Crippen molar-refractivity contribution in [3.05, 3.63) is 24.0 Å². The van der Waals surface area contributed by atoms with Gasteiger partial charge in [0.15, 0.2) is 5.75 Å². The second-order valence-electron chi connectivity index (χ2n) is 2.58. The number of methoxy groups -OCH3 is 1. The minimum absolute atomic E-state index is 0.253. The maximum atomic E-state index is 12.9. The van der Waals surface area contributed by atoms with E-state index in [0.717, 1.165) is 14.3 Å². The summed E-state index contributed by atoms with van der Waals surface area (Å²) in [6, 6.07) is 4.63. The molecule has 1 aromatic heterocycles. The van der Waals surface area contributed by atoms with E-state index < -0.39 is 0 Å². The SMILES string of the molecule is COc1c(S)sc2ccc(F)cc12. The Bertz CT molecular complexity index is 450. The predicted molar refractivity (Wildman–Crippen MR) is 55.6 cm³/mol. The molecule has 13 heavy (non-hydrogen) atoms. The summed E-state index contributed by atoms with van der Waals surface area (Å²) in [5, 5.41) is 0.789. The van der Waals surface area contributed by atoms with E-state index in [1.54, 1.807) is 13.2 Å². The number of rotatable bonds is 1. The van der Waals surface area contributed by atoms with Crippen molar-refractivity contribution in [2.24, 2.45) is 0 Å². The third-order valence-corrected chi connectivity index (χ3v) is 3.22. The number of thiophene rings is 1. The summed E-state index contributed by atoms with van der Waals surface area (Å²) in [6.07, 6.45) is 0. The van der Waals surface area contributed by atoms with E-state index in [4.69, 9.17) is 4.74 Å². The van der Waals surface area contributed by atoms with Crippen LogP contribution in [-0.4, -0.2) is 7.11 Å². The molecule has 0 N–H and O–H groups in total. The van der Waals surface area contributed by atoms with Crippen molar-refractivity contribution < 1.29 is 9.13 Å². The Labute approximate surface area is 84.6 Å². The van der Waals surface area contributed by atoms with Gasteiger partial charge in [0.2, 0.25) is 0 Å². The average molecular weight is 214 g/mol. The Balaban J connectivity index is 2.80. The second-order valence-corrected chi connectivity index (χ2v) is 4.38. The van der Waals surface area contributed by atoms with Gasteiger partial charge in [-0.15, -0.1) is 24.0 Å². The topological polar surface area (TPSA) is 9.23 Å². The molecule has 0 saturated carbocycles. The summed E-state index contributed by atoms with van der Waals surface area (Å²) < 4.78 is 19.8. The molecule has 0 bridgehead atoms. The van der Waals surface area contributed by atoms with Crippen LogP contribution in [-0.2, 0) is 0 Å². The molecule has 1 nitrogen and oxygen atoms in total. The van der Waals surface area contributed by atoms with Crippen LogP contribution in [0.1, 0.15) is 0 Å². The van der Waals surface area contributed by atoms with Crippen LogP contribution in [0.2, 0.25) is 0 Å². The van der Waals surface area contributed by atoms with Crippen LogP contribution in [0.4, 0.5) is 4.39 Å². The van der Waals surface area contributed by atoms with Crippen molar-refractivity contribution in [1.82, 2.24) is 0 Å². The lowest BCUT2D eigenvalue weighted by Crippen LogP contribution is -1.81. The Kier molecular flexibility index (Phi) is 2.17. The Morgan fingerprint density at radius 2 is 2.23 bits per heavy atom. The molecule has 0 amide bonds. The summed E-state index contributed by atoms with van der Waals surface area (Å²) >= 11 is 5.73. The molecule has 0 radical (unpaired) electrons. The van der Waals surface area contributed by atoms with Gasteiger partial charge in [0, 0.05) is 10.1 Å². The number of benzene rings is 1. The van der Waals surface area contributed by atoms with E-state index in [1.165, 1.54) is 23.5 Å². The standard InChI is InChI=1S/C9H7FOS2/c1-11-8-6-4-5(10)2-3-7(6)13-9(8)12/h2-4,12H,1H3. The highest BCUT2D eigenvalue weighted by Crippen LogP contribution is 2.40. The maximum Gasteiger partial charge on any atom is 0.150 e. The summed E-state index contributed by atoms with van der Waals surface area (Å²) in [7, 11) is 1.56. The van der Waals surface area contributed by atoms with Crippen molar-refractivity contribution in [2.75, 3.05) is 7.11 Å². The fourth-order valence-corrected chi connectivity index (χ4v) is 2.63. The summed E-state index contributed by atoms with van der Waals surface area (Å²) in [4.78, 5) is 0. The van der Waals surface area contributed by atoms with Gasteiger partial charge in [0.25, 0.3) is 0 Å². The zero-order chi connectivity index (χ0) is 9.42. The van der Waals surface area contributed by atoms with E-state index in [-0.39, 0.29) is 5.82 Å². The quantitative estimate of drug-likeness (QED) is 0.716. The first kappa shape index (κ1) is 8.84. The van der Waals surface area contributed by atoms with E-state index in [0.29, 0.717) is 5.75 Å². The molecule has 0 saturated heterocycles. The first-order valence-corrected chi connectivity index (χ1v) is 4.93. The number of halogens is 1. The first-order valence-electron chi connectivity index (χ1n) is 3.67. The molecule has 0 aliphatic rings. The normalized spacial score (nSPS) is 10.7. The first-order chi connectivity index (χ1) is 6.22. The third-order valence-electron chi connectivity index (χ3n) is 1.79. The molecule has 0 aliphatic carbocycles. The highest BCUT2D eigenvalue weighted by atomic mass is 32.2. The van der Waals surface area contributed by atoms with Crippen LogP contribution >= 0.6 is 24.0 Å². The van der Waals surface area contributed by atoms with Crippen LogP contribution in [0.3, 0.4) is 0 Å². The van der Waals surface area contributed by atoms with Gasteiger partial charge in [0.05, 0.1) is 7.11 Å². The highest BCUT2D eigenvalue weighted by molar-refractivity contribution is 7.83. The van der Waals surface area contributed by atoms with Gasteiger partial charge in [-0.1, -0.05) is 0 Å². The molecule has 0 atom stereocenters. The van der Waals surface area contributed by atoms with Crippen LogP contribution in [0.5, 0.6) is 5.75 Å². The van der Waals surface area contributed by atoms with E-state index in [9.17, 15) is 4.39 Å². The van der Waals surface area contributed by atoms with Gasteiger partial charge in [-0.2, -0.15) is 0 Å². The van der Waals surface area contributed by atoms with Gasteiger partial charge < -0.3 is 4.74 Å². The number of ether oxygens (including phenoxy) is 1. The van der Waals surface area contributed by atoms with Gasteiger partial charge in [-0.25, -0.2) is 4.39 Å². The lowest BCUT2D eigenvalue weighted by molar-refractivity contribution is 0.413. The third kappa shape index (κ3) is 1.40. The number of fused-ring (bicyclic) bond motifs is 1. The number of thiol groups is 1. The Morgan fingerprint density at radius 1 is 1.46 bits per heavy atom. The van der Waals surface area contributed by atoms with Crippen molar-refractivity contribution in [3.63, 3.8) is 0 Å². The molecule has 0 spiro atoms. The number of hydrogen-bond donors (Lipinski definition) is 1. The molecule has 1 heterocycles. The Hall–Kier alpha value is -0.740. The van der Waals surface area contributed by atoms with Crippen LogP contribution in [0, 0.1) is 5.82 Å². The number of hydrogen-bond acceptors (Lipinski definition) is 3. The second kappa shape index (κ2) is 3.20. The monoisotopic (exact) mass is 214 g/mol. The zero-order valence-corrected chi connectivity index (χ0v) is 8.58. The van der Waals surface area contributed by atoms with E-state index in [1.807, 2.05) is 0 Å². The van der Waals surface area contributed by atoms with Crippen LogP contribution < -0.4 is 4.74 Å². The van der Waals surface area contributed by atoms with Gasteiger partial charge in [-0.05, 0) is 18.2 Å². The predicted octanol–water partition coefficient (Wildman–Crippen LogP) is 3.34. The summed E-state index contributed by atoms with van der Waals surface area (Å²) in [5.41, 5.74) is 0. The minimum atomic E-state index is -0.253. The van der Waals surface area contributed by atoms with Crippen molar-refractivity contribution in [2.45, 2.75) is 4.21 Å². The highest BCUT2D eigenvalue weighted by Gasteiger charge is 2.10. The Morgan fingerprint density at radius 3 is 2.92 bits per heavy atom. The van der Waals surface area contributed by atoms with Crippen LogP contribution in [0.25, 0.3) is 10.1 Å². The molecule has 2 aromatic rings. The molecule has 68 valence electrons. The van der Waals surface area contributed by atoms with Gasteiger partial charge in [-0.3, -0.25) is 0 Å². The minimum Gasteiger partial charge on any atom is -0.494 e. The van der Waals surface area contributed by atoms with Crippen molar-refractivity contribution >= 4 is 34.1 Å². The van der Waals surface area contributed by atoms with E-state index in [2.05, 4.69) is 12.6 Å².